The molecule has 2 aromatic rings. The molecule has 0 aromatic heterocycles. The third-order valence-corrected chi connectivity index (χ3v) is 3.30. The Balaban J connectivity index is 2.17. The van der Waals surface area contributed by atoms with E-state index in [0.29, 0.717) is 22.8 Å². The van der Waals surface area contributed by atoms with Gasteiger partial charge in [-0.25, -0.2) is 0 Å². The van der Waals surface area contributed by atoms with Gasteiger partial charge in [0.25, 0.3) is 5.91 Å². The maximum absolute atomic E-state index is 12.2. The zero-order valence-corrected chi connectivity index (χ0v) is 12.4. The number of halogens is 1. The molecule has 0 aliphatic rings. The second kappa shape index (κ2) is 6.94. The van der Waals surface area contributed by atoms with Crippen molar-refractivity contribution in [3.05, 3.63) is 64.2 Å². The molecule has 0 fully saturated rings. The second-order valence-corrected chi connectivity index (χ2v) is 4.91. The van der Waals surface area contributed by atoms with Gasteiger partial charge in [-0.3, -0.25) is 4.79 Å². The Bertz CT molecular complexity index is 729. The third kappa shape index (κ3) is 4.09. The van der Waals surface area contributed by atoms with Gasteiger partial charge in [0.2, 0.25) is 0 Å². The summed E-state index contributed by atoms with van der Waals surface area (Å²) in [6.45, 7) is 2.17. The first-order valence-electron chi connectivity index (χ1n) is 6.46. The number of hydrogen-bond acceptors (Lipinski definition) is 2. The van der Waals surface area contributed by atoms with Crippen LogP contribution in [-0.4, -0.2) is 12.5 Å². The fourth-order valence-corrected chi connectivity index (χ4v) is 1.93. The fourth-order valence-electron chi connectivity index (χ4n) is 1.82. The summed E-state index contributed by atoms with van der Waals surface area (Å²) in [6, 6.07) is 12.5. The van der Waals surface area contributed by atoms with Gasteiger partial charge in [-0.1, -0.05) is 29.5 Å². The van der Waals surface area contributed by atoms with Crippen molar-refractivity contribution in [2.24, 2.45) is 5.73 Å². The van der Waals surface area contributed by atoms with E-state index in [9.17, 15) is 4.79 Å². The molecule has 3 nitrogen and oxygen atoms in total. The van der Waals surface area contributed by atoms with E-state index in [-0.39, 0.29) is 5.91 Å². The molecule has 2 aromatic carbocycles. The van der Waals surface area contributed by atoms with Crippen molar-refractivity contribution >= 4 is 23.2 Å². The molecule has 0 spiro atoms. The number of hydrogen-bond donors (Lipinski definition) is 2. The molecular weight excluding hydrogens is 284 g/mol. The Labute approximate surface area is 129 Å². The SMILES string of the molecule is Cc1cc(C(=O)Nc2cccc(C#CCN)c2)ccc1Cl. The lowest BCUT2D eigenvalue weighted by Gasteiger charge is -2.07. The largest absolute Gasteiger partial charge is 0.322 e. The van der Waals surface area contributed by atoms with Crippen LogP contribution in [0.15, 0.2) is 42.5 Å². The zero-order chi connectivity index (χ0) is 15.2. The normalized spacial score (nSPS) is 9.67. The summed E-state index contributed by atoms with van der Waals surface area (Å²) in [5.74, 6) is 5.53. The van der Waals surface area contributed by atoms with Gasteiger partial charge in [-0.05, 0) is 48.9 Å². The van der Waals surface area contributed by atoms with Crippen LogP contribution in [0.4, 0.5) is 5.69 Å². The van der Waals surface area contributed by atoms with Crippen molar-refractivity contribution < 1.29 is 4.79 Å². The highest BCUT2D eigenvalue weighted by atomic mass is 35.5. The predicted octanol–water partition coefficient (Wildman–Crippen LogP) is 3.21. The number of nitrogens with two attached hydrogens (primary N) is 1. The summed E-state index contributed by atoms with van der Waals surface area (Å²) in [5, 5.41) is 3.48. The third-order valence-electron chi connectivity index (χ3n) is 2.88. The molecule has 0 saturated carbocycles. The average molecular weight is 299 g/mol. The van der Waals surface area contributed by atoms with E-state index in [4.69, 9.17) is 17.3 Å². The fraction of sp³-hybridized carbons (Fsp3) is 0.118. The summed E-state index contributed by atoms with van der Waals surface area (Å²) in [7, 11) is 0. The minimum absolute atomic E-state index is 0.182. The average Bonchev–Trinajstić information content (AvgIpc) is 2.48. The molecule has 0 bridgehead atoms. The van der Waals surface area contributed by atoms with Crippen molar-refractivity contribution in [2.75, 3.05) is 11.9 Å². The van der Waals surface area contributed by atoms with Crippen LogP contribution < -0.4 is 11.1 Å². The van der Waals surface area contributed by atoms with Gasteiger partial charge in [0.05, 0.1) is 6.54 Å². The van der Waals surface area contributed by atoms with Gasteiger partial charge in [0.1, 0.15) is 0 Å². The number of benzene rings is 2. The summed E-state index contributed by atoms with van der Waals surface area (Å²) in [4.78, 5) is 12.2. The lowest BCUT2D eigenvalue weighted by molar-refractivity contribution is 0.102. The molecule has 0 atom stereocenters. The minimum atomic E-state index is -0.182. The van der Waals surface area contributed by atoms with E-state index in [0.717, 1.165) is 11.1 Å². The maximum Gasteiger partial charge on any atom is 0.255 e. The van der Waals surface area contributed by atoms with E-state index in [1.807, 2.05) is 31.2 Å². The quantitative estimate of drug-likeness (QED) is 0.837. The lowest BCUT2D eigenvalue weighted by atomic mass is 10.1. The second-order valence-electron chi connectivity index (χ2n) is 4.50. The van der Waals surface area contributed by atoms with Crippen LogP contribution in [0.5, 0.6) is 0 Å². The Morgan fingerprint density at radius 2 is 2.10 bits per heavy atom. The molecule has 0 aliphatic carbocycles. The van der Waals surface area contributed by atoms with Crippen LogP contribution in [0.3, 0.4) is 0 Å². The lowest BCUT2D eigenvalue weighted by Crippen LogP contribution is -2.12. The van der Waals surface area contributed by atoms with Crippen LogP contribution in [0.2, 0.25) is 5.02 Å². The van der Waals surface area contributed by atoms with Crippen molar-refractivity contribution in [2.45, 2.75) is 6.92 Å². The molecular formula is C17H15ClN2O. The van der Waals surface area contributed by atoms with Gasteiger partial charge in [0, 0.05) is 21.8 Å². The molecule has 1 amide bonds. The monoisotopic (exact) mass is 298 g/mol. The molecule has 3 N–H and O–H groups in total. The number of carbonyl (C=O) groups excluding carboxylic acids is 1. The summed E-state index contributed by atoms with van der Waals surface area (Å²) >= 11 is 5.96. The van der Waals surface area contributed by atoms with Crippen LogP contribution in [0.1, 0.15) is 21.5 Å². The first-order valence-corrected chi connectivity index (χ1v) is 6.84. The van der Waals surface area contributed by atoms with E-state index in [2.05, 4.69) is 17.2 Å². The van der Waals surface area contributed by atoms with Crippen LogP contribution in [0.25, 0.3) is 0 Å². The van der Waals surface area contributed by atoms with E-state index in [1.165, 1.54) is 0 Å². The van der Waals surface area contributed by atoms with Crippen LogP contribution in [-0.2, 0) is 0 Å². The number of rotatable bonds is 2. The molecule has 0 saturated heterocycles. The molecule has 2 rings (SSSR count). The first-order chi connectivity index (χ1) is 10.1. The zero-order valence-electron chi connectivity index (χ0n) is 11.6. The Morgan fingerprint density at radius 3 is 2.81 bits per heavy atom. The number of carbonyl (C=O) groups is 1. The highest BCUT2D eigenvalue weighted by Crippen LogP contribution is 2.18. The van der Waals surface area contributed by atoms with Crippen LogP contribution in [0, 0.1) is 18.8 Å². The van der Waals surface area contributed by atoms with E-state index < -0.39 is 0 Å². The molecule has 106 valence electrons. The number of aryl methyl sites for hydroxylation is 1. The van der Waals surface area contributed by atoms with E-state index in [1.54, 1.807) is 18.2 Å². The molecule has 4 heteroatoms. The van der Waals surface area contributed by atoms with E-state index >= 15 is 0 Å². The van der Waals surface area contributed by atoms with Gasteiger partial charge < -0.3 is 11.1 Å². The van der Waals surface area contributed by atoms with Crippen molar-refractivity contribution in [3.63, 3.8) is 0 Å². The Morgan fingerprint density at radius 1 is 1.29 bits per heavy atom. The first kappa shape index (κ1) is 15.1. The number of anilines is 1. The summed E-state index contributed by atoms with van der Waals surface area (Å²) in [6.07, 6.45) is 0. The molecule has 0 heterocycles. The summed E-state index contributed by atoms with van der Waals surface area (Å²) in [5.41, 5.74) is 8.28. The number of amides is 1. The smallest absolute Gasteiger partial charge is 0.255 e. The minimum Gasteiger partial charge on any atom is -0.322 e. The van der Waals surface area contributed by atoms with Gasteiger partial charge in [-0.15, -0.1) is 0 Å². The predicted molar refractivity (Wildman–Crippen MR) is 86.5 cm³/mol. The standard InChI is InChI=1S/C17H15ClN2O/c1-12-10-14(7-8-16(12)18)17(21)20-15-6-2-4-13(11-15)5-3-9-19/h2,4,6-8,10-11H,9,19H2,1H3,(H,20,21). The Hall–Kier alpha value is -2.28. The molecule has 21 heavy (non-hydrogen) atoms. The highest BCUT2D eigenvalue weighted by molar-refractivity contribution is 6.31. The van der Waals surface area contributed by atoms with Crippen molar-refractivity contribution in [1.29, 1.82) is 0 Å². The van der Waals surface area contributed by atoms with Gasteiger partial charge >= 0.3 is 0 Å². The molecule has 0 unspecified atom stereocenters. The maximum atomic E-state index is 12.2. The summed E-state index contributed by atoms with van der Waals surface area (Å²) < 4.78 is 0. The topological polar surface area (TPSA) is 55.1 Å². The van der Waals surface area contributed by atoms with Gasteiger partial charge in [-0.2, -0.15) is 0 Å². The highest BCUT2D eigenvalue weighted by Gasteiger charge is 2.07. The van der Waals surface area contributed by atoms with Gasteiger partial charge in [0.15, 0.2) is 0 Å². The molecule has 0 aliphatic heterocycles. The van der Waals surface area contributed by atoms with Crippen molar-refractivity contribution in [1.82, 2.24) is 0 Å². The Kier molecular flexibility index (Phi) is 4.99. The molecule has 0 radical (unpaired) electrons. The van der Waals surface area contributed by atoms with Crippen molar-refractivity contribution in [3.8, 4) is 11.8 Å². The van der Waals surface area contributed by atoms with Crippen LogP contribution >= 0.6 is 11.6 Å². The number of nitrogens with one attached hydrogen (secondary N) is 1.